The minimum absolute atomic E-state index is 0.0567. The highest BCUT2D eigenvalue weighted by molar-refractivity contribution is 5.17. The van der Waals surface area contributed by atoms with Crippen molar-refractivity contribution < 1.29 is 0 Å². The fourth-order valence-corrected chi connectivity index (χ4v) is 1.50. The van der Waals surface area contributed by atoms with Gasteiger partial charge in [-0.15, -0.1) is 0 Å². The Morgan fingerprint density at radius 1 is 1.12 bits per heavy atom. The summed E-state index contributed by atoms with van der Waals surface area (Å²) in [6.45, 7) is 12.5. The Balaban J connectivity index is 3.09. The predicted molar refractivity (Wildman–Crippen MR) is 67.4 cm³/mol. The third-order valence-corrected chi connectivity index (χ3v) is 2.28. The van der Waals surface area contributed by atoms with Gasteiger partial charge in [-0.1, -0.05) is 20.8 Å². The zero-order valence-electron chi connectivity index (χ0n) is 11.3. The summed E-state index contributed by atoms with van der Waals surface area (Å²) in [7, 11) is 0. The first-order chi connectivity index (χ1) is 7.08. The first kappa shape index (κ1) is 13.1. The summed E-state index contributed by atoms with van der Waals surface area (Å²) in [6, 6.07) is 2.05. The second-order valence-electron chi connectivity index (χ2n) is 6.23. The third-order valence-electron chi connectivity index (χ3n) is 2.28. The zero-order valence-corrected chi connectivity index (χ0v) is 11.3. The first-order valence-corrected chi connectivity index (χ1v) is 5.72. The van der Waals surface area contributed by atoms with Crippen LogP contribution in [0, 0.1) is 6.92 Å². The summed E-state index contributed by atoms with van der Waals surface area (Å²) in [6.07, 6.45) is 0.706. The normalized spacial score (nSPS) is 12.9. The monoisotopic (exact) mass is 221 g/mol. The van der Waals surface area contributed by atoms with Gasteiger partial charge in [0.2, 0.25) is 0 Å². The highest BCUT2D eigenvalue weighted by Gasteiger charge is 2.19. The van der Waals surface area contributed by atoms with Crippen molar-refractivity contribution in [3.8, 4) is 0 Å². The molecule has 0 bridgehead atoms. The molecule has 0 amide bonds. The van der Waals surface area contributed by atoms with Gasteiger partial charge < -0.3 is 5.73 Å². The molecule has 3 heteroatoms. The molecule has 0 saturated carbocycles. The minimum atomic E-state index is -0.261. The van der Waals surface area contributed by atoms with E-state index in [0.717, 1.165) is 17.2 Å². The van der Waals surface area contributed by atoms with Crippen molar-refractivity contribution in [3.05, 3.63) is 23.3 Å². The van der Waals surface area contributed by atoms with Gasteiger partial charge >= 0.3 is 0 Å². The topological polar surface area (TPSA) is 51.8 Å². The van der Waals surface area contributed by atoms with E-state index >= 15 is 0 Å². The lowest BCUT2D eigenvalue weighted by Gasteiger charge is -2.21. The maximum absolute atomic E-state index is 6.00. The summed E-state index contributed by atoms with van der Waals surface area (Å²) < 4.78 is 0. The molecule has 1 heterocycles. The van der Waals surface area contributed by atoms with Gasteiger partial charge in [0, 0.05) is 28.8 Å². The van der Waals surface area contributed by atoms with Crippen LogP contribution in [0.1, 0.15) is 51.8 Å². The van der Waals surface area contributed by atoms with Crippen molar-refractivity contribution in [3.63, 3.8) is 0 Å². The van der Waals surface area contributed by atoms with Gasteiger partial charge in [0.25, 0.3) is 0 Å². The van der Waals surface area contributed by atoms with E-state index in [0.29, 0.717) is 6.42 Å². The largest absolute Gasteiger partial charge is 0.325 e. The van der Waals surface area contributed by atoms with Gasteiger partial charge in [0.05, 0.1) is 0 Å². The smallest absolute Gasteiger partial charge is 0.130 e. The molecule has 0 saturated heterocycles. The van der Waals surface area contributed by atoms with Crippen LogP contribution in [0.15, 0.2) is 6.07 Å². The first-order valence-electron chi connectivity index (χ1n) is 5.72. The molecule has 0 unspecified atom stereocenters. The second kappa shape index (κ2) is 4.13. The second-order valence-corrected chi connectivity index (χ2v) is 6.23. The average molecular weight is 221 g/mol. The molecule has 1 rings (SSSR count). The van der Waals surface area contributed by atoms with E-state index in [1.54, 1.807) is 0 Å². The molecule has 0 radical (unpaired) electrons. The van der Waals surface area contributed by atoms with Crippen LogP contribution in [0.5, 0.6) is 0 Å². The molecule has 0 atom stereocenters. The van der Waals surface area contributed by atoms with Crippen molar-refractivity contribution in [2.75, 3.05) is 0 Å². The molecule has 0 aliphatic heterocycles. The lowest BCUT2D eigenvalue weighted by Crippen LogP contribution is -2.35. The van der Waals surface area contributed by atoms with Crippen molar-refractivity contribution in [1.82, 2.24) is 9.97 Å². The molecule has 90 valence electrons. The van der Waals surface area contributed by atoms with Crippen molar-refractivity contribution in [1.29, 1.82) is 0 Å². The lowest BCUT2D eigenvalue weighted by molar-refractivity contribution is 0.492. The fourth-order valence-electron chi connectivity index (χ4n) is 1.50. The predicted octanol–water partition coefficient (Wildman–Crippen LogP) is 2.36. The number of hydrogen-bond donors (Lipinski definition) is 1. The molecule has 16 heavy (non-hydrogen) atoms. The molecule has 0 aliphatic rings. The van der Waals surface area contributed by atoms with Crippen LogP contribution in [-0.4, -0.2) is 15.5 Å². The van der Waals surface area contributed by atoms with Gasteiger partial charge in [0.1, 0.15) is 5.82 Å². The van der Waals surface area contributed by atoms with Gasteiger partial charge in [-0.25, -0.2) is 9.97 Å². The van der Waals surface area contributed by atoms with Gasteiger partial charge in [-0.2, -0.15) is 0 Å². The lowest BCUT2D eigenvalue weighted by atomic mass is 9.91. The Morgan fingerprint density at radius 3 is 2.12 bits per heavy atom. The summed E-state index contributed by atoms with van der Waals surface area (Å²) in [4.78, 5) is 9.04. The number of aromatic nitrogens is 2. The van der Waals surface area contributed by atoms with Crippen molar-refractivity contribution >= 4 is 0 Å². The van der Waals surface area contributed by atoms with Gasteiger partial charge in [0.15, 0.2) is 0 Å². The number of nitrogens with zero attached hydrogens (tertiary/aromatic N) is 2. The van der Waals surface area contributed by atoms with Crippen molar-refractivity contribution in [2.24, 2.45) is 5.73 Å². The van der Waals surface area contributed by atoms with E-state index in [4.69, 9.17) is 5.73 Å². The van der Waals surface area contributed by atoms with Crippen LogP contribution in [0.4, 0.5) is 0 Å². The van der Waals surface area contributed by atoms with E-state index in [1.807, 2.05) is 26.8 Å². The molecule has 1 aromatic rings. The minimum Gasteiger partial charge on any atom is -0.325 e. The molecule has 0 spiro atoms. The van der Waals surface area contributed by atoms with E-state index in [1.165, 1.54) is 0 Å². The molecule has 1 aromatic heterocycles. The number of nitrogens with two attached hydrogens (primary N) is 1. The van der Waals surface area contributed by atoms with E-state index in [9.17, 15) is 0 Å². The summed E-state index contributed by atoms with van der Waals surface area (Å²) >= 11 is 0. The maximum Gasteiger partial charge on any atom is 0.130 e. The standard InChI is InChI=1S/C13H23N3/c1-9-7-10(12(2,3)4)16-11(15-9)8-13(5,6)14/h7H,8,14H2,1-6H3. The van der Waals surface area contributed by atoms with E-state index in [2.05, 4.69) is 30.7 Å². The molecule has 3 nitrogen and oxygen atoms in total. The Morgan fingerprint density at radius 2 is 1.69 bits per heavy atom. The Kier molecular flexibility index (Phi) is 3.38. The molecular formula is C13H23N3. The highest BCUT2D eigenvalue weighted by atomic mass is 14.9. The maximum atomic E-state index is 6.00. The molecule has 0 fully saturated rings. The van der Waals surface area contributed by atoms with Crippen LogP contribution in [-0.2, 0) is 11.8 Å². The Labute approximate surface area is 98.5 Å². The van der Waals surface area contributed by atoms with E-state index < -0.39 is 0 Å². The zero-order chi connectivity index (χ0) is 12.6. The summed E-state index contributed by atoms with van der Waals surface area (Å²) in [5.74, 6) is 0.845. The number of hydrogen-bond acceptors (Lipinski definition) is 3. The SMILES string of the molecule is Cc1cc(C(C)(C)C)nc(CC(C)(C)N)n1. The summed E-state index contributed by atoms with van der Waals surface area (Å²) in [5.41, 5.74) is 7.89. The quantitative estimate of drug-likeness (QED) is 0.834. The van der Waals surface area contributed by atoms with Crippen LogP contribution < -0.4 is 5.73 Å². The van der Waals surface area contributed by atoms with E-state index in [-0.39, 0.29) is 11.0 Å². The van der Waals surface area contributed by atoms with Crippen LogP contribution in [0.2, 0.25) is 0 Å². The highest BCUT2D eigenvalue weighted by Crippen LogP contribution is 2.21. The van der Waals surface area contributed by atoms with Crippen molar-refractivity contribution in [2.45, 2.75) is 58.9 Å². The third kappa shape index (κ3) is 3.89. The molecule has 0 aliphatic carbocycles. The summed E-state index contributed by atoms with van der Waals surface area (Å²) in [5, 5.41) is 0. The Hall–Kier alpha value is -0.960. The number of rotatable bonds is 2. The number of aryl methyl sites for hydroxylation is 1. The molecule has 0 aromatic carbocycles. The van der Waals surface area contributed by atoms with Crippen LogP contribution >= 0.6 is 0 Å². The average Bonchev–Trinajstić information content (AvgIpc) is 1.97. The molecule has 2 N–H and O–H groups in total. The van der Waals surface area contributed by atoms with Crippen LogP contribution in [0.3, 0.4) is 0 Å². The van der Waals surface area contributed by atoms with Gasteiger partial charge in [-0.05, 0) is 26.8 Å². The van der Waals surface area contributed by atoms with Gasteiger partial charge in [-0.3, -0.25) is 0 Å². The fraction of sp³-hybridized carbons (Fsp3) is 0.692. The molecular weight excluding hydrogens is 198 g/mol. The van der Waals surface area contributed by atoms with Crippen LogP contribution in [0.25, 0.3) is 0 Å². The Bertz CT molecular complexity index is 370.